The molecule has 100 valence electrons. The highest BCUT2D eigenvalue weighted by Crippen LogP contribution is 2.33. The van der Waals surface area contributed by atoms with Crippen molar-refractivity contribution in [1.29, 1.82) is 0 Å². The number of nitrogens with zero attached hydrogens (tertiary/aromatic N) is 2. The molecule has 2 N–H and O–H groups in total. The van der Waals surface area contributed by atoms with Crippen LogP contribution in [0.2, 0.25) is 0 Å². The van der Waals surface area contributed by atoms with Gasteiger partial charge < -0.3 is 15.2 Å². The summed E-state index contributed by atoms with van der Waals surface area (Å²) in [5, 5.41) is 0. The molecular formula is C13H21N3O2. The summed E-state index contributed by atoms with van der Waals surface area (Å²) in [6.07, 6.45) is 4.14. The second-order valence-electron chi connectivity index (χ2n) is 4.86. The van der Waals surface area contributed by atoms with Gasteiger partial charge >= 0.3 is 0 Å². The van der Waals surface area contributed by atoms with Crippen molar-refractivity contribution in [2.75, 3.05) is 20.3 Å². The van der Waals surface area contributed by atoms with Crippen LogP contribution < -0.4 is 5.73 Å². The van der Waals surface area contributed by atoms with Crippen LogP contribution in [-0.2, 0) is 21.5 Å². The summed E-state index contributed by atoms with van der Waals surface area (Å²) in [6.45, 7) is 3.35. The highest BCUT2D eigenvalue weighted by molar-refractivity contribution is 5.10. The van der Waals surface area contributed by atoms with E-state index >= 15 is 0 Å². The molecule has 1 aliphatic heterocycles. The van der Waals surface area contributed by atoms with E-state index in [-0.39, 0.29) is 6.04 Å². The minimum Gasteiger partial charge on any atom is -0.381 e. The van der Waals surface area contributed by atoms with Gasteiger partial charge in [-0.1, -0.05) is 0 Å². The third-order valence-corrected chi connectivity index (χ3v) is 3.34. The Morgan fingerprint density at radius 3 is 2.83 bits per heavy atom. The summed E-state index contributed by atoms with van der Waals surface area (Å²) < 4.78 is 11.1. The summed E-state index contributed by atoms with van der Waals surface area (Å²) >= 11 is 0. The molecule has 5 nitrogen and oxygen atoms in total. The molecule has 0 aromatic carbocycles. The SMILES string of the molecule is COC1(c2nccc(CC(C)N)n2)CCOCC1. The lowest BCUT2D eigenvalue weighted by Crippen LogP contribution is -2.37. The van der Waals surface area contributed by atoms with Gasteiger partial charge in [-0.15, -0.1) is 0 Å². The van der Waals surface area contributed by atoms with Crippen LogP contribution in [0.3, 0.4) is 0 Å². The predicted molar refractivity (Wildman–Crippen MR) is 68.1 cm³/mol. The van der Waals surface area contributed by atoms with E-state index in [0.717, 1.165) is 30.8 Å². The van der Waals surface area contributed by atoms with Crippen LogP contribution in [0.1, 0.15) is 31.3 Å². The molecule has 18 heavy (non-hydrogen) atoms. The Kier molecular flexibility index (Phi) is 4.27. The Morgan fingerprint density at radius 2 is 2.22 bits per heavy atom. The molecule has 1 saturated heterocycles. The maximum absolute atomic E-state index is 5.81. The molecule has 2 rings (SSSR count). The zero-order chi connectivity index (χ0) is 13.0. The van der Waals surface area contributed by atoms with Crippen molar-refractivity contribution in [2.24, 2.45) is 5.73 Å². The summed E-state index contributed by atoms with van der Waals surface area (Å²) in [5.74, 6) is 0.756. The largest absolute Gasteiger partial charge is 0.381 e. The van der Waals surface area contributed by atoms with E-state index in [9.17, 15) is 0 Å². The number of hydrogen-bond acceptors (Lipinski definition) is 5. The van der Waals surface area contributed by atoms with Crippen LogP contribution in [0.25, 0.3) is 0 Å². The van der Waals surface area contributed by atoms with Crippen molar-refractivity contribution < 1.29 is 9.47 Å². The zero-order valence-corrected chi connectivity index (χ0v) is 11.1. The minimum absolute atomic E-state index is 0.0981. The number of ether oxygens (including phenoxy) is 2. The summed E-state index contributed by atoms with van der Waals surface area (Å²) in [6, 6.07) is 2.01. The fourth-order valence-corrected chi connectivity index (χ4v) is 2.28. The lowest BCUT2D eigenvalue weighted by Gasteiger charge is -2.34. The van der Waals surface area contributed by atoms with Crippen molar-refractivity contribution in [2.45, 2.75) is 37.8 Å². The van der Waals surface area contributed by atoms with E-state index in [1.165, 1.54) is 0 Å². The maximum atomic E-state index is 5.81. The van der Waals surface area contributed by atoms with Crippen LogP contribution in [0.4, 0.5) is 0 Å². The first kappa shape index (κ1) is 13.4. The molecule has 1 aromatic heterocycles. The van der Waals surface area contributed by atoms with Crippen molar-refractivity contribution in [3.8, 4) is 0 Å². The van der Waals surface area contributed by atoms with E-state index in [2.05, 4.69) is 9.97 Å². The normalized spacial score (nSPS) is 20.6. The molecule has 1 aromatic rings. The molecule has 1 aliphatic rings. The van der Waals surface area contributed by atoms with Gasteiger partial charge in [-0.05, 0) is 13.0 Å². The molecule has 1 unspecified atom stereocenters. The first-order chi connectivity index (χ1) is 8.66. The van der Waals surface area contributed by atoms with Crippen LogP contribution in [0.15, 0.2) is 12.3 Å². The smallest absolute Gasteiger partial charge is 0.160 e. The number of aromatic nitrogens is 2. The third kappa shape index (κ3) is 2.85. The second kappa shape index (κ2) is 5.73. The Bertz CT molecular complexity index is 390. The van der Waals surface area contributed by atoms with E-state index in [4.69, 9.17) is 15.2 Å². The van der Waals surface area contributed by atoms with Crippen molar-refractivity contribution in [1.82, 2.24) is 9.97 Å². The average Bonchev–Trinajstić information content (AvgIpc) is 2.39. The van der Waals surface area contributed by atoms with Crippen LogP contribution in [-0.4, -0.2) is 36.3 Å². The van der Waals surface area contributed by atoms with E-state index in [1.54, 1.807) is 13.3 Å². The van der Waals surface area contributed by atoms with Crippen LogP contribution >= 0.6 is 0 Å². The fraction of sp³-hybridized carbons (Fsp3) is 0.692. The van der Waals surface area contributed by atoms with Gasteiger partial charge in [0.2, 0.25) is 0 Å². The molecule has 0 bridgehead atoms. The molecule has 1 fully saturated rings. The van der Waals surface area contributed by atoms with Gasteiger partial charge in [0, 0.05) is 57.5 Å². The number of hydrogen-bond donors (Lipinski definition) is 1. The zero-order valence-electron chi connectivity index (χ0n) is 11.1. The Hall–Kier alpha value is -1.04. The van der Waals surface area contributed by atoms with Gasteiger partial charge in [0.15, 0.2) is 5.82 Å². The first-order valence-corrected chi connectivity index (χ1v) is 6.37. The molecule has 5 heteroatoms. The number of nitrogens with two attached hydrogens (primary N) is 1. The standard InChI is InChI=1S/C13H21N3O2/c1-10(14)9-11-3-6-15-12(16-11)13(17-2)4-7-18-8-5-13/h3,6,10H,4-5,7-9,14H2,1-2H3. The van der Waals surface area contributed by atoms with E-state index in [0.29, 0.717) is 13.2 Å². The summed E-state index contributed by atoms with van der Waals surface area (Å²) in [4.78, 5) is 8.99. The molecule has 1 atom stereocenters. The Morgan fingerprint density at radius 1 is 1.50 bits per heavy atom. The topological polar surface area (TPSA) is 70.3 Å². The third-order valence-electron chi connectivity index (χ3n) is 3.34. The monoisotopic (exact) mass is 251 g/mol. The highest BCUT2D eigenvalue weighted by Gasteiger charge is 2.37. The van der Waals surface area contributed by atoms with Crippen molar-refractivity contribution in [3.05, 3.63) is 23.8 Å². The molecule has 0 amide bonds. The maximum Gasteiger partial charge on any atom is 0.160 e. The Labute approximate surface area is 108 Å². The second-order valence-corrected chi connectivity index (χ2v) is 4.86. The molecule has 0 saturated carbocycles. The summed E-state index contributed by atoms with van der Waals surface area (Å²) in [7, 11) is 1.72. The molecule has 0 aliphatic carbocycles. The summed E-state index contributed by atoms with van der Waals surface area (Å²) in [5.41, 5.74) is 6.38. The van der Waals surface area contributed by atoms with Gasteiger partial charge in [-0.3, -0.25) is 0 Å². The lowest BCUT2D eigenvalue weighted by molar-refractivity contribution is -0.100. The minimum atomic E-state index is -0.397. The van der Waals surface area contributed by atoms with Gasteiger partial charge in [0.25, 0.3) is 0 Å². The van der Waals surface area contributed by atoms with Gasteiger partial charge in [0.1, 0.15) is 5.60 Å². The fourth-order valence-electron chi connectivity index (χ4n) is 2.28. The lowest BCUT2D eigenvalue weighted by atomic mass is 9.93. The van der Waals surface area contributed by atoms with Crippen LogP contribution in [0, 0.1) is 0 Å². The van der Waals surface area contributed by atoms with Crippen molar-refractivity contribution >= 4 is 0 Å². The van der Waals surface area contributed by atoms with E-state index < -0.39 is 5.60 Å². The molecular weight excluding hydrogens is 230 g/mol. The predicted octanol–water partition coefficient (Wildman–Crippen LogP) is 1.02. The molecule has 0 radical (unpaired) electrons. The molecule has 2 heterocycles. The number of rotatable bonds is 4. The number of methoxy groups -OCH3 is 1. The van der Waals surface area contributed by atoms with Gasteiger partial charge in [-0.2, -0.15) is 0 Å². The van der Waals surface area contributed by atoms with Gasteiger partial charge in [-0.25, -0.2) is 9.97 Å². The molecule has 0 spiro atoms. The van der Waals surface area contributed by atoms with Crippen LogP contribution in [0.5, 0.6) is 0 Å². The van der Waals surface area contributed by atoms with Crippen molar-refractivity contribution in [3.63, 3.8) is 0 Å². The highest BCUT2D eigenvalue weighted by atomic mass is 16.5. The average molecular weight is 251 g/mol. The quantitative estimate of drug-likeness (QED) is 0.865. The first-order valence-electron chi connectivity index (χ1n) is 6.37. The Balaban J connectivity index is 2.25. The van der Waals surface area contributed by atoms with Gasteiger partial charge in [0.05, 0.1) is 0 Å². The van der Waals surface area contributed by atoms with E-state index in [1.807, 2.05) is 13.0 Å².